The zero-order valence-corrected chi connectivity index (χ0v) is 19.3. The van der Waals surface area contributed by atoms with Crippen molar-refractivity contribution in [2.24, 2.45) is 0 Å². The second kappa shape index (κ2) is 10.2. The summed E-state index contributed by atoms with van der Waals surface area (Å²) in [5.41, 5.74) is 3.92. The Morgan fingerprint density at radius 1 is 0.562 bits per heavy atom. The third kappa shape index (κ3) is 4.64. The van der Waals surface area contributed by atoms with Gasteiger partial charge in [-0.25, -0.2) is 0 Å². The van der Waals surface area contributed by atoms with Gasteiger partial charge in [0.15, 0.2) is 0 Å². The summed E-state index contributed by atoms with van der Waals surface area (Å²) >= 11 is 0. The van der Waals surface area contributed by atoms with E-state index in [-0.39, 0.29) is 0 Å². The molecule has 160 valence electrons. The van der Waals surface area contributed by atoms with Gasteiger partial charge in [0, 0.05) is 16.9 Å². The van der Waals surface area contributed by atoms with Crippen molar-refractivity contribution in [3.05, 3.63) is 109 Å². The van der Waals surface area contributed by atoms with Crippen molar-refractivity contribution in [2.45, 2.75) is 38.1 Å². The summed E-state index contributed by atoms with van der Waals surface area (Å²) in [7, 11) is -0.663. The second-order valence-electron chi connectivity index (χ2n) is 8.55. The van der Waals surface area contributed by atoms with Crippen molar-refractivity contribution in [3.8, 4) is 11.1 Å². The maximum absolute atomic E-state index is 4.05. The molecule has 5 rings (SSSR count). The van der Waals surface area contributed by atoms with Gasteiger partial charge in [0.05, 0.1) is 5.69 Å². The van der Waals surface area contributed by atoms with Gasteiger partial charge in [-0.3, -0.25) is 0 Å². The Morgan fingerprint density at radius 2 is 1.12 bits per heavy atom. The van der Waals surface area contributed by atoms with Crippen LogP contribution in [-0.2, 0) is 0 Å². The maximum Gasteiger partial charge on any atom is 0.0506 e. The van der Waals surface area contributed by atoms with Crippen LogP contribution in [0.2, 0.25) is 0 Å². The monoisotopic (exact) mass is 435 g/mol. The highest BCUT2D eigenvalue weighted by Crippen LogP contribution is 2.40. The van der Waals surface area contributed by atoms with Gasteiger partial charge in [-0.2, -0.15) is 0 Å². The zero-order valence-electron chi connectivity index (χ0n) is 18.5. The van der Waals surface area contributed by atoms with E-state index < -0.39 is 7.92 Å². The lowest BCUT2D eigenvalue weighted by Crippen LogP contribution is -2.29. The van der Waals surface area contributed by atoms with E-state index in [2.05, 4.69) is 115 Å². The number of para-hydroxylation sites is 1. The fourth-order valence-corrected chi connectivity index (χ4v) is 7.21. The molecule has 0 spiro atoms. The van der Waals surface area contributed by atoms with E-state index in [1.165, 1.54) is 64.8 Å². The summed E-state index contributed by atoms with van der Waals surface area (Å²) in [6, 6.07) is 40.3. The molecule has 0 radical (unpaired) electrons. The number of nitrogens with one attached hydrogen (secondary N) is 1. The average molecular weight is 436 g/mol. The van der Waals surface area contributed by atoms with Crippen LogP contribution >= 0.6 is 7.92 Å². The normalized spacial score (nSPS) is 14.4. The summed E-state index contributed by atoms with van der Waals surface area (Å²) < 4.78 is 0. The Morgan fingerprint density at radius 3 is 1.72 bits per heavy atom. The van der Waals surface area contributed by atoms with Crippen LogP contribution in [0, 0.1) is 0 Å². The van der Waals surface area contributed by atoms with Crippen LogP contribution in [0.3, 0.4) is 0 Å². The number of anilines is 1. The third-order valence-corrected chi connectivity index (χ3v) is 8.83. The second-order valence-corrected chi connectivity index (χ2v) is 10.7. The molecule has 1 saturated carbocycles. The highest BCUT2D eigenvalue weighted by atomic mass is 31.1. The van der Waals surface area contributed by atoms with Gasteiger partial charge in [-0.1, -0.05) is 128 Å². The molecule has 1 aliphatic carbocycles. The van der Waals surface area contributed by atoms with Crippen LogP contribution in [0.5, 0.6) is 0 Å². The van der Waals surface area contributed by atoms with Crippen molar-refractivity contribution >= 4 is 29.5 Å². The predicted molar refractivity (Wildman–Crippen MR) is 141 cm³/mol. The van der Waals surface area contributed by atoms with Gasteiger partial charge in [-0.05, 0) is 36.9 Å². The molecule has 2 heteroatoms. The van der Waals surface area contributed by atoms with Gasteiger partial charge in [0.25, 0.3) is 0 Å². The molecule has 0 heterocycles. The molecular weight excluding hydrogens is 405 g/mol. The standard InChI is InChI=1S/C30H30NP/c1-5-14-24(15-6-1)28-22-13-23-29(30(28)31-25-16-7-2-8-17-25)32(26-18-9-3-10-19-26)27-20-11-4-12-21-27/h1,3-6,9-15,18-23,25,31H,2,7-8,16-17H2. The van der Waals surface area contributed by atoms with Gasteiger partial charge >= 0.3 is 0 Å². The van der Waals surface area contributed by atoms with Crippen molar-refractivity contribution in [3.63, 3.8) is 0 Å². The van der Waals surface area contributed by atoms with E-state index in [4.69, 9.17) is 0 Å². The Kier molecular flexibility index (Phi) is 6.66. The summed E-state index contributed by atoms with van der Waals surface area (Å²) in [4.78, 5) is 0. The largest absolute Gasteiger partial charge is 0.381 e. The van der Waals surface area contributed by atoms with Crippen molar-refractivity contribution < 1.29 is 0 Å². The van der Waals surface area contributed by atoms with E-state index in [9.17, 15) is 0 Å². The number of hydrogen-bond acceptors (Lipinski definition) is 1. The van der Waals surface area contributed by atoms with E-state index in [0.717, 1.165) is 0 Å². The summed E-state index contributed by atoms with van der Waals surface area (Å²) in [6.07, 6.45) is 6.54. The quantitative estimate of drug-likeness (QED) is 0.326. The van der Waals surface area contributed by atoms with Gasteiger partial charge in [-0.15, -0.1) is 0 Å². The molecule has 4 aromatic rings. The van der Waals surface area contributed by atoms with Crippen LogP contribution < -0.4 is 21.2 Å². The lowest BCUT2D eigenvalue weighted by atomic mass is 9.94. The molecule has 32 heavy (non-hydrogen) atoms. The van der Waals surface area contributed by atoms with Crippen molar-refractivity contribution in [1.29, 1.82) is 0 Å². The first-order valence-corrected chi connectivity index (χ1v) is 13.1. The highest BCUT2D eigenvalue weighted by Gasteiger charge is 2.24. The first-order valence-electron chi connectivity index (χ1n) is 11.8. The fraction of sp³-hybridized carbons (Fsp3) is 0.200. The lowest BCUT2D eigenvalue weighted by Gasteiger charge is -2.30. The van der Waals surface area contributed by atoms with E-state index >= 15 is 0 Å². The molecule has 0 saturated heterocycles. The first-order chi connectivity index (χ1) is 15.9. The lowest BCUT2D eigenvalue weighted by molar-refractivity contribution is 0.463. The zero-order chi connectivity index (χ0) is 21.6. The minimum atomic E-state index is -0.663. The summed E-state index contributed by atoms with van der Waals surface area (Å²) in [5.74, 6) is 0. The minimum absolute atomic E-state index is 0.552. The van der Waals surface area contributed by atoms with E-state index in [1.807, 2.05) is 0 Å². The SMILES string of the molecule is c1ccc(-c2cccc(P(c3ccccc3)c3ccccc3)c2NC2CCCCC2)cc1. The summed E-state index contributed by atoms with van der Waals surface area (Å²) in [6.45, 7) is 0. The van der Waals surface area contributed by atoms with Gasteiger partial charge in [0.1, 0.15) is 0 Å². The molecule has 1 fully saturated rings. The maximum atomic E-state index is 4.05. The van der Waals surface area contributed by atoms with E-state index in [1.54, 1.807) is 0 Å². The smallest absolute Gasteiger partial charge is 0.0506 e. The number of hydrogen-bond donors (Lipinski definition) is 1. The topological polar surface area (TPSA) is 12.0 Å². The molecule has 0 atom stereocenters. The Balaban J connectivity index is 1.69. The molecule has 1 aliphatic rings. The Labute approximate surface area is 193 Å². The molecule has 4 aromatic carbocycles. The molecule has 1 nitrogen and oxygen atoms in total. The Hall–Kier alpha value is -2.89. The van der Waals surface area contributed by atoms with Crippen LogP contribution in [0.1, 0.15) is 32.1 Å². The van der Waals surface area contributed by atoms with Crippen LogP contribution in [0.4, 0.5) is 5.69 Å². The van der Waals surface area contributed by atoms with Crippen LogP contribution in [-0.4, -0.2) is 6.04 Å². The number of rotatable bonds is 6. The van der Waals surface area contributed by atoms with Crippen LogP contribution in [0.25, 0.3) is 11.1 Å². The van der Waals surface area contributed by atoms with Crippen molar-refractivity contribution in [1.82, 2.24) is 0 Å². The molecule has 0 amide bonds. The molecule has 0 bridgehead atoms. The Bertz CT molecular complexity index is 1080. The molecule has 0 unspecified atom stereocenters. The highest BCUT2D eigenvalue weighted by molar-refractivity contribution is 7.80. The average Bonchev–Trinajstić information content (AvgIpc) is 2.87. The van der Waals surface area contributed by atoms with E-state index in [0.29, 0.717) is 6.04 Å². The first kappa shape index (κ1) is 21.0. The molecule has 0 aliphatic heterocycles. The van der Waals surface area contributed by atoms with Crippen molar-refractivity contribution in [2.75, 3.05) is 5.32 Å². The molecular formula is C30H30NP. The van der Waals surface area contributed by atoms with Gasteiger partial charge in [0.2, 0.25) is 0 Å². The third-order valence-electron chi connectivity index (χ3n) is 6.35. The summed E-state index contributed by atoms with van der Waals surface area (Å²) in [5, 5.41) is 8.26. The number of benzene rings is 4. The molecule has 1 N–H and O–H groups in total. The van der Waals surface area contributed by atoms with Crippen LogP contribution in [0.15, 0.2) is 109 Å². The fourth-order valence-electron chi connectivity index (χ4n) is 4.77. The van der Waals surface area contributed by atoms with Gasteiger partial charge < -0.3 is 5.32 Å². The predicted octanol–water partition coefficient (Wildman–Crippen LogP) is 6.86. The minimum Gasteiger partial charge on any atom is -0.381 e. The molecule has 0 aromatic heterocycles.